The van der Waals surface area contributed by atoms with Crippen LogP contribution in [0.4, 0.5) is 0 Å². The van der Waals surface area contributed by atoms with Gasteiger partial charge < -0.3 is 27.5 Å². The summed E-state index contributed by atoms with van der Waals surface area (Å²) in [4.78, 5) is 0. The summed E-state index contributed by atoms with van der Waals surface area (Å²) >= 11 is 0. The smallest absolute Gasteiger partial charge is 0.377 e. The number of ether oxygens (including phenoxy) is 3. The molecule has 25 heavy (non-hydrogen) atoms. The monoisotopic (exact) mass is 380 g/mol. The molecule has 0 heterocycles. The van der Waals surface area contributed by atoms with Crippen LogP contribution in [0.25, 0.3) is 0 Å². The zero-order valence-electron chi connectivity index (χ0n) is 17.2. The SMILES string of the molecule is CCCCOC(C[Si](OC)(OC)OCC)(OCCCC)OCCCC. The minimum atomic E-state index is -2.93. The molecule has 0 saturated heterocycles. The van der Waals surface area contributed by atoms with Crippen LogP contribution in [0, 0.1) is 0 Å². The zero-order chi connectivity index (χ0) is 19.0. The van der Waals surface area contributed by atoms with E-state index in [0.29, 0.717) is 32.5 Å². The number of hydrogen-bond acceptors (Lipinski definition) is 6. The van der Waals surface area contributed by atoms with Gasteiger partial charge in [-0.1, -0.05) is 40.0 Å². The Morgan fingerprint density at radius 3 is 1.36 bits per heavy atom. The molecule has 0 fully saturated rings. The van der Waals surface area contributed by atoms with Crippen molar-refractivity contribution in [1.82, 2.24) is 0 Å². The second-order valence-corrected chi connectivity index (χ2v) is 8.81. The Morgan fingerprint density at radius 2 is 1.08 bits per heavy atom. The van der Waals surface area contributed by atoms with Crippen molar-refractivity contribution in [2.45, 2.75) is 78.2 Å². The predicted octanol–water partition coefficient (Wildman–Crippen LogP) is 4.36. The van der Waals surface area contributed by atoms with E-state index in [1.807, 2.05) is 6.92 Å². The van der Waals surface area contributed by atoms with Crippen molar-refractivity contribution in [3.8, 4) is 0 Å². The Labute approximate surface area is 155 Å². The van der Waals surface area contributed by atoms with Crippen LogP contribution in [0.15, 0.2) is 0 Å². The first-order valence-corrected chi connectivity index (χ1v) is 11.7. The summed E-state index contributed by atoms with van der Waals surface area (Å²) in [6.45, 7) is 10.5. The van der Waals surface area contributed by atoms with Gasteiger partial charge in [-0.3, -0.25) is 0 Å². The number of hydrogen-bond donors (Lipinski definition) is 0. The highest BCUT2D eigenvalue weighted by atomic mass is 28.4. The van der Waals surface area contributed by atoms with E-state index in [2.05, 4.69) is 20.8 Å². The molecule has 0 rings (SSSR count). The minimum Gasteiger partial charge on any atom is -0.377 e. The lowest BCUT2D eigenvalue weighted by atomic mass is 10.3. The lowest BCUT2D eigenvalue weighted by Crippen LogP contribution is -2.54. The van der Waals surface area contributed by atoms with Crippen LogP contribution in [0.5, 0.6) is 0 Å². The minimum absolute atomic E-state index is 0.317. The molecule has 0 radical (unpaired) electrons. The summed E-state index contributed by atoms with van der Waals surface area (Å²) in [5.41, 5.74) is 0. The summed E-state index contributed by atoms with van der Waals surface area (Å²) in [6.07, 6.45) is 5.96. The van der Waals surface area contributed by atoms with Crippen molar-refractivity contribution in [3.05, 3.63) is 0 Å². The Kier molecular flexibility index (Phi) is 15.1. The van der Waals surface area contributed by atoms with Gasteiger partial charge in [0.2, 0.25) is 0 Å². The standard InChI is InChI=1S/C18H40O6Si/c1-7-11-14-21-18(22-15-12-8-2,23-16-13-9-3)17-25(19-5,20-6)24-10-4/h7-17H2,1-6H3. The summed E-state index contributed by atoms with van der Waals surface area (Å²) in [5.74, 6) is -1.17. The molecule has 0 aliphatic rings. The molecule has 0 N–H and O–H groups in total. The maximum atomic E-state index is 6.12. The molecule has 0 atom stereocenters. The summed E-state index contributed by atoms with van der Waals surface area (Å²) in [6, 6.07) is 0.317. The zero-order valence-corrected chi connectivity index (χ0v) is 18.2. The molecule has 0 aromatic carbocycles. The Balaban J connectivity index is 5.32. The van der Waals surface area contributed by atoms with Gasteiger partial charge in [-0.2, -0.15) is 0 Å². The maximum Gasteiger partial charge on any atom is 0.508 e. The maximum absolute atomic E-state index is 6.12. The summed E-state index contributed by atoms with van der Waals surface area (Å²) in [7, 11) is 0.288. The third-order valence-electron chi connectivity index (χ3n) is 3.88. The van der Waals surface area contributed by atoms with Gasteiger partial charge in [0.1, 0.15) is 0 Å². The topological polar surface area (TPSA) is 55.4 Å². The molecule has 6 nitrogen and oxygen atoms in total. The van der Waals surface area contributed by atoms with E-state index in [1.54, 1.807) is 14.2 Å². The highest BCUT2D eigenvalue weighted by Crippen LogP contribution is 2.30. The van der Waals surface area contributed by atoms with Crippen LogP contribution in [0.1, 0.15) is 66.2 Å². The fraction of sp³-hybridized carbons (Fsp3) is 1.00. The van der Waals surface area contributed by atoms with Crippen LogP contribution in [-0.2, 0) is 27.5 Å². The van der Waals surface area contributed by atoms with E-state index in [9.17, 15) is 0 Å². The first-order valence-electron chi connectivity index (χ1n) is 9.73. The van der Waals surface area contributed by atoms with Crippen molar-refractivity contribution in [3.63, 3.8) is 0 Å². The van der Waals surface area contributed by atoms with Crippen LogP contribution < -0.4 is 0 Å². The molecular formula is C18H40O6Si. The van der Waals surface area contributed by atoms with E-state index in [0.717, 1.165) is 38.5 Å². The molecule has 0 unspecified atom stereocenters. The fourth-order valence-electron chi connectivity index (χ4n) is 2.28. The van der Waals surface area contributed by atoms with Crippen LogP contribution in [0.2, 0.25) is 6.04 Å². The highest BCUT2D eigenvalue weighted by Gasteiger charge is 2.51. The predicted molar refractivity (Wildman–Crippen MR) is 102 cm³/mol. The quantitative estimate of drug-likeness (QED) is 0.200. The van der Waals surface area contributed by atoms with E-state index in [1.165, 1.54) is 0 Å². The van der Waals surface area contributed by atoms with E-state index in [4.69, 9.17) is 27.5 Å². The van der Waals surface area contributed by atoms with Gasteiger partial charge in [0.05, 0.1) is 25.9 Å². The molecule has 0 amide bonds. The van der Waals surface area contributed by atoms with E-state index in [-0.39, 0.29) is 0 Å². The van der Waals surface area contributed by atoms with Gasteiger partial charge >= 0.3 is 8.80 Å². The molecule has 0 aromatic rings. The van der Waals surface area contributed by atoms with Crippen LogP contribution in [-0.4, -0.2) is 55.4 Å². The average molecular weight is 381 g/mol. The van der Waals surface area contributed by atoms with Gasteiger partial charge in [0.15, 0.2) is 0 Å². The molecule has 7 heteroatoms. The fourth-order valence-corrected chi connectivity index (χ4v) is 4.35. The second kappa shape index (κ2) is 15.1. The lowest BCUT2D eigenvalue weighted by molar-refractivity contribution is -0.373. The number of unbranched alkanes of at least 4 members (excludes halogenated alkanes) is 3. The van der Waals surface area contributed by atoms with E-state index < -0.39 is 14.8 Å². The Morgan fingerprint density at radius 1 is 0.680 bits per heavy atom. The molecule has 152 valence electrons. The van der Waals surface area contributed by atoms with Crippen molar-refractivity contribution in [2.24, 2.45) is 0 Å². The third-order valence-corrected chi connectivity index (χ3v) is 6.72. The normalized spacial score (nSPS) is 12.7. The van der Waals surface area contributed by atoms with Gasteiger partial charge in [0.25, 0.3) is 5.97 Å². The summed E-state index contributed by atoms with van der Waals surface area (Å²) < 4.78 is 35.5. The van der Waals surface area contributed by atoms with Crippen molar-refractivity contribution in [1.29, 1.82) is 0 Å². The average Bonchev–Trinajstić information content (AvgIpc) is 2.62. The van der Waals surface area contributed by atoms with Crippen LogP contribution in [0.3, 0.4) is 0 Å². The Hall–Kier alpha value is -0.0231. The lowest BCUT2D eigenvalue weighted by Gasteiger charge is -2.38. The molecular weight excluding hydrogens is 340 g/mol. The van der Waals surface area contributed by atoms with Gasteiger partial charge in [-0.15, -0.1) is 0 Å². The summed E-state index contributed by atoms with van der Waals surface area (Å²) in [5, 5.41) is 0. The van der Waals surface area contributed by atoms with Crippen molar-refractivity contribution in [2.75, 3.05) is 40.6 Å². The van der Waals surface area contributed by atoms with Gasteiger partial charge in [-0.25, -0.2) is 0 Å². The molecule has 0 spiro atoms. The van der Waals surface area contributed by atoms with Crippen molar-refractivity contribution >= 4 is 8.80 Å². The molecule has 0 saturated carbocycles. The number of rotatable bonds is 18. The highest BCUT2D eigenvalue weighted by molar-refractivity contribution is 6.60. The molecule has 0 bridgehead atoms. The molecule has 0 aromatic heterocycles. The van der Waals surface area contributed by atoms with E-state index >= 15 is 0 Å². The van der Waals surface area contributed by atoms with Crippen LogP contribution >= 0.6 is 0 Å². The molecule has 0 aliphatic heterocycles. The third kappa shape index (κ3) is 10.0. The van der Waals surface area contributed by atoms with Gasteiger partial charge in [0, 0.05) is 20.8 Å². The van der Waals surface area contributed by atoms with Crippen molar-refractivity contribution < 1.29 is 27.5 Å². The second-order valence-electron chi connectivity index (χ2n) is 5.99. The first kappa shape index (κ1) is 25.0. The van der Waals surface area contributed by atoms with Gasteiger partial charge in [-0.05, 0) is 26.2 Å². The molecule has 0 aliphatic carbocycles. The first-order chi connectivity index (χ1) is 12.1. The largest absolute Gasteiger partial charge is 0.508 e. The Bertz CT molecular complexity index is 273.